The lowest BCUT2D eigenvalue weighted by Gasteiger charge is -1.76. The molecule has 2 nitrogen and oxygen atoms in total. The first kappa shape index (κ1) is 5.53. The van der Waals surface area contributed by atoms with E-state index in [1.54, 1.807) is 0 Å². The highest BCUT2D eigenvalue weighted by molar-refractivity contribution is 5.75. The maximum Gasteiger partial charge on any atom is 0.169 e. The molecule has 0 aromatic rings. The van der Waals surface area contributed by atoms with Crippen LogP contribution >= 0.6 is 0 Å². The van der Waals surface area contributed by atoms with Gasteiger partial charge in [-0.05, 0) is 0 Å². The molecular weight excluding hydrogens is 76.9 g/mol. The van der Waals surface area contributed by atoms with E-state index in [4.69, 9.17) is 0 Å². The smallest absolute Gasteiger partial charge is 0.169 e. The summed E-state index contributed by atoms with van der Waals surface area (Å²) in [6.07, 6.45) is 1.49. The van der Waals surface area contributed by atoms with Crippen LogP contribution in [0.1, 0.15) is 0 Å². The standard InChI is InChI=1S/C3H5NO.B/c1-2-5-3-4-1;/h3H,1-2H2;. The van der Waals surface area contributed by atoms with Crippen molar-refractivity contribution in [3.05, 3.63) is 0 Å². The highest BCUT2D eigenvalue weighted by Crippen LogP contribution is 1.78. The molecule has 6 heavy (non-hydrogen) atoms. The molecule has 0 aromatic carbocycles. The molecule has 3 radical (unpaired) electrons. The van der Waals surface area contributed by atoms with Gasteiger partial charge in [0.25, 0.3) is 0 Å². The van der Waals surface area contributed by atoms with E-state index in [0.29, 0.717) is 0 Å². The van der Waals surface area contributed by atoms with Crippen LogP contribution in [0.15, 0.2) is 4.99 Å². The Balaban J connectivity index is 0.000000250. The summed E-state index contributed by atoms with van der Waals surface area (Å²) in [6.45, 7) is 1.62. The van der Waals surface area contributed by atoms with Gasteiger partial charge in [0, 0.05) is 8.41 Å². The molecule has 0 bridgehead atoms. The second-order valence-electron chi connectivity index (χ2n) is 0.882. The van der Waals surface area contributed by atoms with Gasteiger partial charge in [-0.2, -0.15) is 0 Å². The van der Waals surface area contributed by atoms with Crippen LogP contribution in [0.3, 0.4) is 0 Å². The molecule has 0 aromatic heterocycles. The minimum atomic E-state index is 0. The predicted molar refractivity (Wildman–Crippen MR) is 25.1 cm³/mol. The van der Waals surface area contributed by atoms with Crippen LogP contribution in [0.4, 0.5) is 0 Å². The predicted octanol–water partition coefficient (Wildman–Crippen LogP) is -0.336. The van der Waals surface area contributed by atoms with Crippen LogP contribution < -0.4 is 0 Å². The van der Waals surface area contributed by atoms with E-state index >= 15 is 0 Å². The summed E-state index contributed by atoms with van der Waals surface area (Å²) >= 11 is 0. The Morgan fingerprint density at radius 1 is 1.67 bits per heavy atom. The van der Waals surface area contributed by atoms with Crippen molar-refractivity contribution < 1.29 is 4.74 Å². The van der Waals surface area contributed by atoms with Gasteiger partial charge in [-0.25, -0.2) is 0 Å². The normalized spacial score (nSPS) is 16.0. The number of aliphatic imine (C=N–C) groups is 1. The van der Waals surface area contributed by atoms with E-state index in [1.165, 1.54) is 6.40 Å². The molecule has 1 heterocycles. The summed E-state index contributed by atoms with van der Waals surface area (Å²) in [5.41, 5.74) is 0. The zero-order valence-electron chi connectivity index (χ0n) is 3.42. The first-order valence-corrected chi connectivity index (χ1v) is 1.60. The summed E-state index contributed by atoms with van der Waals surface area (Å²) in [5, 5.41) is 0. The van der Waals surface area contributed by atoms with Gasteiger partial charge in [-0.3, -0.25) is 4.99 Å². The Morgan fingerprint density at radius 2 is 2.50 bits per heavy atom. The number of hydrogen-bond acceptors (Lipinski definition) is 2. The second kappa shape index (κ2) is 2.76. The molecule has 3 heteroatoms. The Morgan fingerprint density at radius 3 is 2.67 bits per heavy atom. The zero-order chi connectivity index (χ0) is 3.54. The summed E-state index contributed by atoms with van der Waals surface area (Å²) in [7, 11) is 0. The van der Waals surface area contributed by atoms with Crippen molar-refractivity contribution in [3.63, 3.8) is 0 Å². The molecule has 0 saturated heterocycles. The van der Waals surface area contributed by atoms with Crippen molar-refractivity contribution in [1.82, 2.24) is 0 Å². The number of nitrogens with zero attached hydrogens (tertiary/aromatic N) is 1. The fraction of sp³-hybridized carbons (Fsp3) is 0.667. The molecule has 0 saturated carbocycles. The van der Waals surface area contributed by atoms with E-state index in [9.17, 15) is 0 Å². The van der Waals surface area contributed by atoms with Gasteiger partial charge in [-0.15, -0.1) is 0 Å². The van der Waals surface area contributed by atoms with Gasteiger partial charge in [0.1, 0.15) is 6.61 Å². The Labute approximate surface area is 38.8 Å². The zero-order valence-corrected chi connectivity index (χ0v) is 3.42. The van der Waals surface area contributed by atoms with Crippen molar-refractivity contribution in [1.29, 1.82) is 0 Å². The van der Waals surface area contributed by atoms with Gasteiger partial charge in [0.15, 0.2) is 6.40 Å². The molecular formula is C3H5BNO. The van der Waals surface area contributed by atoms with Crippen molar-refractivity contribution in [3.8, 4) is 0 Å². The van der Waals surface area contributed by atoms with Crippen molar-refractivity contribution in [2.45, 2.75) is 0 Å². The summed E-state index contributed by atoms with van der Waals surface area (Å²) in [5.74, 6) is 0. The topological polar surface area (TPSA) is 21.6 Å². The monoisotopic (exact) mass is 82.0 g/mol. The van der Waals surface area contributed by atoms with Gasteiger partial charge < -0.3 is 4.74 Å². The third-order valence-corrected chi connectivity index (χ3v) is 0.487. The SMILES string of the molecule is C1=NCCO1.[B]. The van der Waals surface area contributed by atoms with Gasteiger partial charge in [-0.1, -0.05) is 0 Å². The highest BCUT2D eigenvalue weighted by atomic mass is 16.5. The van der Waals surface area contributed by atoms with Gasteiger partial charge in [0.05, 0.1) is 6.54 Å². The van der Waals surface area contributed by atoms with Crippen LogP contribution in [-0.4, -0.2) is 28.0 Å². The van der Waals surface area contributed by atoms with Crippen LogP contribution in [0.25, 0.3) is 0 Å². The van der Waals surface area contributed by atoms with E-state index in [-0.39, 0.29) is 8.41 Å². The fourth-order valence-corrected chi connectivity index (χ4v) is 0.264. The second-order valence-corrected chi connectivity index (χ2v) is 0.882. The number of rotatable bonds is 0. The third-order valence-electron chi connectivity index (χ3n) is 0.487. The quantitative estimate of drug-likeness (QED) is 0.366. The molecule has 0 unspecified atom stereocenters. The molecule has 1 aliphatic rings. The molecule has 1 aliphatic heterocycles. The van der Waals surface area contributed by atoms with E-state index in [0.717, 1.165) is 13.2 Å². The van der Waals surface area contributed by atoms with E-state index in [1.807, 2.05) is 0 Å². The lowest BCUT2D eigenvalue weighted by Crippen LogP contribution is -1.80. The minimum absolute atomic E-state index is 0. The fourth-order valence-electron chi connectivity index (χ4n) is 0.264. The van der Waals surface area contributed by atoms with E-state index < -0.39 is 0 Å². The minimum Gasteiger partial charge on any atom is -0.482 e. The van der Waals surface area contributed by atoms with Crippen molar-refractivity contribution in [2.24, 2.45) is 4.99 Å². The largest absolute Gasteiger partial charge is 0.482 e. The lowest BCUT2D eigenvalue weighted by atomic mass is 10.8. The first-order chi connectivity index (χ1) is 2.50. The van der Waals surface area contributed by atoms with Gasteiger partial charge in [0.2, 0.25) is 0 Å². The van der Waals surface area contributed by atoms with Crippen molar-refractivity contribution >= 4 is 14.8 Å². The average Bonchev–Trinajstić information content (AvgIpc) is 1.76. The Bertz CT molecular complexity index is 48.8. The number of hydrogen-bond donors (Lipinski definition) is 0. The molecule has 0 atom stereocenters. The van der Waals surface area contributed by atoms with Crippen molar-refractivity contribution in [2.75, 3.05) is 13.2 Å². The molecule has 0 aliphatic carbocycles. The molecule has 1 rings (SSSR count). The van der Waals surface area contributed by atoms with E-state index in [2.05, 4.69) is 9.73 Å². The highest BCUT2D eigenvalue weighted by Gasteiger charge is 1.84. The molecule has 0 spiro atoms. The van der Waals surface area contributed by atoms with Crippen LogP contribution in [0.5, 0.6) is 0 Å². The number of ether oxygens (including phenoxy) is 1. The summed E-state index contributed by atoms with van der Waals surface area (Å²) < 4.78 is 4.65. The molecule has 31 valence electrons. The lowest BCUT2D eigenvalue weighted by molar-refractivity contribution is 0.361. The molecule has 0 amide bonds. The van der Waals surface area contributed by atoms with Crippen LogP contribution in [0, 0.1) is 0 Å². The van der Waals surface area contributed by atoms with Gasteiger partial charge >= 0.3 is 0 Å². The van der Waals surface area contributed by atoms with Crippen LogP contribution in [-0.2, 0) is 4.74 Å². The maximum absolute atomic E-state index is 4.65. The summed E-state index contributed by atoms with van der Waals surface area (Å²) in [4.78, 5) is 3.74. The summed E-state index contributed by atoms with van der Waals surface area (Å²) in [6, 6.07) is 0. The Hall–Kier alpha value is -0.465. The Kier molecular flexibility index (Phi) is 2.54. The molecule has 0 fully saturated rings. The maximum atomic E-state index is 4.65. The molecule has 0 N–H and O–H groups in total. The van der Waals surface area contributed by atoms with Crippen LogP contribution in [0.2, 0.25) is 0 Å². The average molecular weight is 81.9 g/mol. The third kappa shape index (κ3) is 1.10. The first-order valence-electron chi connectivity index (χ1n) is 1.60.